The summed E-state index contributed by atoms with van der Waals surface area (Å²) in [6, 6.07) is 0. The van der Waals surface area contributed by atoms with Gasteiger partial charge in [0.05, 0.1) is 44.3 Å². The molecular weight excluding hydrogens is 800 g/mol. The maximum absolute atomic E-state index is 12.1. The summed E-state index contributed by atoms with van der Waals surface area (Å²) in [6.45, 7) is 17.7. The number of carbonyl (C=O) groups is 2. The van der Waals surface area contributed by atoms with Gasteiger partial charge in [0.2, 0.25) is 0 Å². The lowest BCUT2D eigenvalue weighted by molar-refractivity contribution is -0.151. The van der Waals surface area contributed by atoms with E-state index in [1.807, 2.05) is 13.8 Å². The summed E-state index contributed by atoms with van der Waals surface area (Å²) in [4.78, 5) is 24.1. The van der Waals surface area contributed by atoms with Crippen molar-refractivity contribution >= 4 is 29.3 Å². The van der Waals surface area contributed by atoms with Gasteiger partial charge >= 0.3 is 11.9 Å². The first-order chi connectivity index (χ1) is 29.4. The Hall–Kier alpha value is -0.720. The average Bonchev–Trinajstić information content (AvgIpc) is 3.24. The summed E-state index contributed by atoms with van der Waals surface area (Å²) in [5.41, 5.74) is 0. The van der Waals surface area contributed by atoms with Crippen molar-refractivity contribution in [3.63, 3.8) is 0 Å². The summed E-state index contributed by atoms with van der Waals surface area (Å²) < 4.78 is 44.6. The van der Waals surface area contributed by atoms with Crippen LogP contribution in [0.2, 0.25) is 0 Å². The van der Waals surface area contributed by atoms with E-state index < -0.39 is 41.0 Å². The Morgan fingerprint density at radius 3 is 1.05 bits per heavy atom. The molecule has 0 aliphatic carbocycles. The third-order valence-corrected chi connectivity index (χ3v) is 19.1. The predicted octanol–water partition coefficient (Wildman–Crippen LogP) is 16.3. The van der Waals surface area contributed by atoms with Gasteiger partial charge < -0.3 is 14.0 Å². The van der Waals surface area contributed by atoms with Crippen LogP contribution in [0.5, 0.6) is 0 Å². The monoisotopic (exact) mass is 905 g/mol. The molecule has 0 amide bonds. The molecule has 0 fully saturated rings. The Morgan fingerprint density at radius 1 is 0.443 bits per heavy atom. The van der Waals surface area contributed by atoms with Gasteiger partial charge in [0.1, 0.15) is 10.1 Å². The maximum Gasteiger partial charge on any atom is 0.323 e. The first-order valence-corrected chi connectivity index (χ1v) is 30.6. The topological polar surface area (TPSA) is 110 Å². The van der Waals surface area contributed by atoms with Gasteiger partial charge in [0, 0.05) is 7.26 Å². The first-order valence-electron chi connectivity index (χ1n) is 26.6. The Bertz CT molecular complexity index is 1040. The van der Waals surface area contributed by atoms with Crippen LogP contribution in [0.15, 0.2) is 0 Å². The van der Waals surface area contributed by atoms with Crippen LogP contribution in [0, 0.1) is 11.8 Å². The first kappa shape index (κ1) is 62.4. The van der Waals surface area contributed by atoms with E-state index >= 15 is 0 Å². The molecule has 0 bridgehead atoms. The highest BCUT2D eigenvalue weighted by Crippen LogP contribution is 2.61. The van der Waals surface area contributed by atoms with Gasteiger partial charge in [-0.25, -0.2) is 8.42 Å². The second kappa shape index (κ2) is 44.5. The van der Waals surface area contributed by atoms with Gasteiger partial charge in [-0.15, -0.1) is 0 Å². The summed E-state index contributed by atoms with van der Waals surface area (Å²) in [5, 5.41) is -2.06. The quantitative estimate of drug-likeness (QED) is 0.0259. The van der Waals surface area contributed by atoms with Crippen LogP contribution in [0.3, 0.4) is 0 Å². The van der Waals surface area contributed by atoms with Crippen molar-refractivity contribution in [1.82, 2.24) is 0 Å². The summed E-state index contributed by atoms with van der Waals surface area (Å²) in [7, 11) is -5.71. The molecule has 61 heavy (non-hydrogen) atoms. The van der Waals surface area contributed by atoms with E-state index in [-0.39, 0.29) is 25.0 Å². The Labute approximate surface area is 382 Å². The standard InChI is InChI=1S/C32H68P.C20H38O7S/c1-5-9-13-17-18-19-20-21-22-23-24-28-32-33(29-25-14-10-6-2,30-26-15-11-7-3)31-27-16-12-8-4;1-5-9-11-16(7-3)14-26-19(21)13-18(28(23,24)25)20(22)27-15-17(8-4)12-10-6-2/h5-32H2,1-4H3;16-18H,5-15H2,1-4H3,(H,23,24,25)/q+1;/p-1. The van der Waals surface area contributed by atoms with E-state index in [9.17, 15) is 22.6 Å². The number of hydrogen-bond acceptors (Lipinski definition) is 7. The second-order valence-corrected chi connectivity index (χ2v) is 24.7. The normalized spacial score (nSPS) is 13.3. The molecule has 0 radical (unpaired) electrons. The fraction of sp³-hybridized carbons (Fsp3) is 0.962. The van der Waals surface area contributed by atoms with Crippen molar-refractivity contribution in [2.75, 3.05) is 37.9 Å². The SMILES string of the molecule is CCCCC(CC)COC(=O)CC(C(=O)OCC(CC)CCCC)S(=O)(=O)[O-].CCCCCCCCCCCCCC[P+](CCCCCC)(CCCCCC)CCCCCC. The van der Waals surface area contributed by atoms with Crippen LogP contribution in [-0.4, -0.2) is 68.0 Å². The van der Waals surface area contributed by atoms with Crippen molar-refractivity contribution in [3.8, 4) is 0 Å². The summed E-state index contributed by atoms with van der Waals surface area (Å²) >= 11 is 0. The van der Waals surface area contributed by atoms with E-state index in [4.69, 9.17) is 9.47 Å². The van der Waals surface area contributed by atoms with E-state index in [0.29, 0.717) is 0 Å². The van der Waals surface area contributed by atoms with E-state index in [0.717, 1.165) is 51.4 Å². The second-order valence-electron chi connectivity index (χ2n) is 18.6. The smallest absolute Gasteiger partial charge is 0.323 e. The molecule has 7 nitrogen and oxygen atoms in total. The van der Waals surface area contributed by atoms with Crippen LogP contribution >= 0.6 is 7.26 Å². The Kier molecular flexibility index (Phi) is 45.5. The maximum atomic E-state index is 12.1. The van der Waals surface area contributed by atoms with Gasteiger partial charge in [-0.3, -0.25) is 9.59 Å². The van der Waals surface area contributed by atoms with E-state index in [2.05, 4.69) is 41.5 Å². The zero-order valence-electron chi connectivity index (χ0n) is 42.0. The highest BCUT2D eigenvalue weighted by atomic mass is 32.2. The van der Waals surface area contributed by atoms with Crippen LogP contribution in [0.25, 0.3) is 0 Å². The van der Waals surface area contributed by atoms with Crippen LogP contribution in [-0.2, 0) is 29.2 Å². The van der Waals surface area contributed by atoms with Crippen LogP contribution in [0.1, 0.15) is 267 Å². The third kappa shape index (κ3) is 38.3. The molecule has 0 aliphatic heterocycles. The van der Waals surface area contributed by atoms with Gasteiger partial charge in [-0.2, -0.15) is 0 Å². The van der Waals surface area contributed by atoms with E-state index in [1.165, 1.54) is 128 Å². The number of rotatable bonds is 44. The Morgan fingerprint density at radius 2 is 0.738 bits per heavy atom. The molecule has 0 aromatic carbocycles. The number of ether oxygens (including phenoxy) is 2. The molecule has 366 valence electrons. The highest BCUT2D eigenvalue weighted by Gasteiger charge is 2.35. The number of unbranched alkanes of at least 4 members (excludes halogenated alkanes) is 22. The molecule has 0 spiro atoms. The van der Waals surface area contributed by atoms with Crippen molar-refractivity contribution in [2.45, 2.75) is 273 Å². The summed E-state index contributed by atoms with van der Waals surface area (Å²) in [6.07, 6.45) is 48.7. The fourth-order valence-electron chi connectivity index (χ4n) is 8.39. The molecular formula is C52H105O7PS. The van der Waals surface area contributed by atoms with Crippen LogP contribution < -0.4 is 0 Å². The molecule has 0 saturated heterocycles. The molecule has 0 aliphatic rings. The number of carbonyl (C=O) groups excluding carboxylic acids is 2. The zero-order chi connectivity index (χ0) is 45.9. The fourth-order valence-corrected chi connectivity index (χ4v) is 14.0. The Balaban J connectivity index is 0. The minimum Gasteiger partial charge on any atom is -0.747 e. The van der Waals surface area contributed by atoms with Crippen molar-refractivity contribution in [2.24, 2.45) is 11.8 Å². The summed E-state index contributed by atoms with van der Waals surface area (Å²) in [5.74, 6) is -1.74. The molecule has 9 heteroatoms. The molecule has 0 heterocycles. The third-order valence-electron chi connectivity index (χ3n) is 12.9. The van der Waals surface area contributed by atoms with Gasteiger partial charge in [0.15, 0.2) is 5.25 Å². The lowest BCUT2D eigenvalue weighted by Gasteiger charge is -2.28. The molecule has 3 atom stereocenters. The van der Waals surface area contributed by atoms with Gasteiger partial charge in [-0.1, -0.05) is 197 Å². The molecule has 0 rings (SSSR count). The molecule has 3 unspecified atom stereocenters. The largest absolute Gasteiger partial charge is 0.747 e. The minimum atomic E-state index is -5.01. The highest BCUT2D eigenvalue weighted by molar-refractivity contribution is 7.87. The molecule has 0 aromatic heterocycles. The lowest BCUT2D eigenvalue weighted by Crippen LogP contribution is -2.35. The predicted molar refractivity (Wildman–Crippen MR) is 267 cm³/mol. The minimum absolute atomic E-state index is 0.0470. The average molecular weight is 905 g/mol. The molecule has 0 saturated carbocycles. The van der Waals surface area contributed by atoms with E-state index in [1.54, 1.807) is 50.3 Å². The number of esters is 2. The number of hydrogen-bond donors (Lipinski definition) is 0. The zero-order valence-corrected chi connectivity index (χ0v) is 43.7. The van der Waals surface area contributed by atoms with Gasteiger partial charge in [-0.05, 0) is 76.0 Å². The van der Waals surface area contributed by atoms with Crippen molar-refractivity contribution in [3.05, 3.63) is 0 Å². The van der Waals surface area contributed by atoms with Crippen molar-refractivity contribution in [1.29, 1.82) is 0 Å². The molecule has 0 aromatic rings. The molecule has 0 N–H and O–H groups in total. The van der Waals surface area contributed by atoms with Crippen molar-refractivity contribution < 1.29 is 32.0 Å². The van der Waals surface area contributed by atoms with Crippen LogP contribution in [0.4, 0.5) is 0 Å². The lowest BCUT2D eigenvalue weighted by atomic mass is 10.0. The van der Waals surface area contributed by atoms with Gasteiger partial charge in [0.25, 0.3) is 0 Å².